The summed E-state index contributed by atoms with van der Waals surface area (Å²) in [5, 5.41) is 3.28. The van der Waals surface area contributed by atoms with E-state index in [0.29, 0.717) is 23.1 Å². The molecule has 0 unspecified atom stereocenters. The van der Waals surface area contributed by atoms with Crippen LogP contribution in [0.15, 0.2) is 23.1 Å². The number of benzene rings is 1. The molecule has 5 nitrogen and oxygen atoms in total. The van der Waals surface area contributed by atoms with Crippen LogP contribution >= 0.6 is 0 Å². The fraction of sp³-hybridized carbons (Fsp3) is 0.571. The van der Waals surface area contributed by atoms with E-state index in [1.165, 1.54) is 0 Å². The SMILES string of the molecule is COc1ccc(S(=O)(=O)N2CC[C@H]3CNC[C@H]32)c(C)c1. The number of methoxy groups -OCH3 is 1. The third-order valence-electron chi connectivity index (χ3n) is 4.36. The smallest absolute Gasteiger partial charge is 0.243 e. The molecule has 0 amide bonds. The Hall–Kier alpha value is -1.11. The lowest BCUT2D eigenvalue weighted by Crippen LogP contribution is -2.39. The minimum Gasteiger partial charge on any atom is -0.497 e. The molecular weight excluding hydrogens is 276 g/mol. The predicted molar refractivity (Wildman–Crippen MR) is 76.4 cm³/mol. The molecule has 2 aliphatic heterocycles. The fourth-order valence-electron chi connectivity index (χ4n) is 3.27. The second kappa shape index (κ2) is 5.02. The summed E-state index contributed by atoms with van der Waals surface area (Å²) in [5.74, 6) is 1.15. The Bertz CT molecular complexity index is 615. The summed E-state index contributed by atoms with van der Waals surface area (Å²) < 4.78 is 32.5. The fourth-order valence-corrected chi connectivity index (χ4v) is 5.18. The largest absolute Gasteiger partial charge is 0.497 e. The maximum absolute atomic E-state index is 12.9. The van der Waals surface area contributed by atoms with Gasteiger partial charge in [-0.3, -0.25) is 0 Å². The first-order valence-electron chi connectivity index (χ1n) is 6.91. The minimum atomic E-state index is -3.41. The van der Waals surface area contributed by atoms with Crippen LogP contribution in [0.1, 0.15) is 12.0 Å². The van der Waals surface area contributed by atoms with Gasteiger partial charge in [0.15, 0.2) is 0 Å². The maximum Gasteiger partial charge on any atom is 0.243 e. The highest BCUT2D eigenvalue weighted by molar-refractivity contribution is 7.89. The van der Waals surface area contributed by atoms with Crippen molar-refractivity contribution >= 4 is 10.0 Å². The highest BCUT2D eigenvalue weighted by Crippen LogP contribution is 2.33. The maximum atomic E-state index is 12.9. The Morgan fingerprint density at radius 3 is 2.85 bits per heavy atom. The van der Waals surface area contributed by atoms with Crippen LogP contribution < -0.4 is 10.1 Å². The minimum absolute atomic E-state index is 0.113. The van der Waals surface area contributed by atoms with E-state index in [-0.39, 0.29) is 6.04 Å². The molecule has 0 saturated carbocycles. The van der Waals surface area contributed by atoms with Crippen molar-refractivity contribution in [2.24, 2.45) is 5.92 Å². The molecule has 6 heteroatoms. The zero-order chi connectivity index (χ0) is 14.3. The van der Waals surface area contributed by atoms with Gasteiger partial charge < -0.3 is 10.1 Å². The van der Waals surface area contributed by atoms with Crippen molar-refractivity contribution in [1.82, 2.24) is 9.62 Å². The van der Waals surface area contributed by atoms with Gasteiger partial charge >= 0.3 is 0 Å². The summed E-state index contributed by atoms with van der Waals surface area (Å²) in [4.78, 5) is 0.394. The Kier molecular flexibility index (Phi) is 3.48. The van der Waals surface area contributed by atoms with E-state index >= 15 is 0 Å². The number of nitrogens with zero attached hydrogens (tertiary/aromatic N) is 1. The van der Waals surface area contributed by atoms with Crippen LogP contribution in [-0.4, -0.2) is 45.5 Å². The van der Waals surface area contributed by atoms with Gasteiger partial charge in [-0.2, -0.15) is 4.31 Å². The zero-order valence-electron chi connectivity index (χ0n) is 11.8. The van der Waals surface area contributed by atoms with Crippen molar-refractivity contribution in [2.45, 2.75) is 24.3 Å². The molecule has 0 spiro atoms. The molecule has 2 fully saturated rings. The average Bonchev–Trinajstić information content (AvgIpc) is 3.00. The molecule has 2 aliphatic rings. The van der Waals surface area contributed by atoms with Crippen LogP contribution in [0.2, 0.25) is 0 Å². The Morgan fingerprint density at radius 1 is 1.35 bits per heavy atom. The summed E-state index contributed by atoms with van der Waals surface area (Å²) >= 11 is 0. The molecule has 0 aliphatic carbocycles. The van der Waals surface area contributed by atoms with Gasteiger partial charge in [0.1, 0.15) is 5.75 Å². The van der Waals surface area contributed by atoms with Gasteiger partial charge in [-0.1, -0.05) is 0 Å². The van der Waals surface area contributed by atoms with E-state index in [1.54, 1.807) is 29.6 Å². The Labute approximate surface area is 120 Å². The summed E-state index contributed by atoms with van der Waals surface area (Å²) in [6, 6.07) is 5.24. The van der Waals surface area contributed by atoms with Gasteiger partial charge in [0.2, 0.25) is 10.0 Å². The molecule has 0 aromatic heterocycles. The third kappa shape index (κ3) is 2.12. The molecule has 2 atom stereocenters. The molecule has 2 heterocycles. The van der Waals surface area contributed by atoms with Crippen LogP contribution in [0.25, 0.3) is 0 Å². The topological polar surface area (TPSA) is 58.6 Å². The van der Waals surface area contributed by atoms with Gasteiger partial charge in [0.05, 0.1) is 12.0 Å². The molecule has 1 aromatic carbocycles. The average molecular weight is 296 g/mol. The number of fused-ring (bicyclic) bond motifs is 1. The predicted octanol–water partition coefficient (Wildman–Crippen LogP) is 0.986. The molecule has 1 N–H and O–H groups in total. The summed E-state index contributed by atoms with van der Waals surface area (Å²) in [5.41, 5.74) is 0.735. The van der Waals surface area contributed by atoms with Crippen molar-refractivity contribution in [2.75, 3.05) is 26.7 Å². The number of rotatable bonds is 3. The van der Waals surface area contributed by atoms with Crippen LogP contribution in [0.4, 0.5) is 0 Å². The van der Waals surface area contributed by atoms with Crippen LogP contribution in [0, 0.1) is 12.8 Å². The molecule has 2 saturated heterocycles. The number of hydrogen-bond donors (Lipinski definition) is 1. The van der Waals surface area contributed by atoms with Gasteiger partial charge in [0.25, 0.3) is 0 Å². The van der Waals surface area contributed by atoms with Gasteiger partial charge in [-0.05, 0) is 49.6 Å². The highest BCUT2D eigenvalue weighted by atomic mass is 32.2. The van der Waals surface area contributed by atoms with Crippen molar-refractivity contribution in [3.63, 3.8) is 0 Å². The lowest BCUT2D eigenvalue weighted by atomic mass is 10.1. The van der Waals surface area contributed by atoms with E-state index < -0.39 is 10.0 Å². The normalized spacial score (nSPS) is 26.7. The Balaban J connectivity index is 1.96. The van der Waals surface area contributed by atoms with E-state index in [2.05, 4.69) is 5.32 Å². The van der Waals surface area contributed by atoms with Gasteiger partial charge in [0, 0.05) is 19.1 Å². The Morgan fingerprint density at radius 2 is 2.15 bits per heavy atom. The first-order chi connectivity index (χ1) is 9.54. The van der Waals surface area contributed by atoms with Gasteiger partial charge in [-0.25, -0.2) is 8.42 Å². The first kappa shape index (κ1) is 13.9. The second-order valence-electron chi connectivity index (χ2n) is 5.52. The highest BCUT2D eigenvalue weighted by Gasteiger charge is 2.44. The van der Waals surface area contributed by atoms with E-state index in [1.807, 2.05) is 6.92 Å². The summed E-state index contributed by atoms with van der Waals surface area (Å²) in [6.45, 7) is 4.14. The number of aryl methyl sites for hydroxylation is 1. The van der Waals surface area contributed by atoms with E-state index in [4.69, 9.17) is 4.74 Å². The third-order valence-corrected chi connectivity index (χ3v) is 6.45. The number of sulfonamides is 1. The zero-order valence-corrected chi connectivity index (χ0v) is 12.6. The molecule has 1 aromatic rings. The van der Waals surface area contributed by atoms with Crippen molar-refractivity contribution < 1.29 is 13.2 Å². The molecule has 0 bridgehead atoms. The van der Waals surface area contributed by atoms with E-state index in [9.17, 15) is 8.42 Å². The number of ether oxygens (including phenoxy) is 1. The molecule has 110 valence electrons. The van der Waals surface area contributed by atoms with E-state index in [0.717, 1.165) is 25.1 Å². The molecule has 3 rings (SSSR count). The lowest BCUT2D eigenvalue weighted by Gasteiger charge is -2.23. The van der Waals surface area contributed by atoms with Crippen molar-refractivity contribution in [3.05, 3.63) is 23.8 Å². The quantitative estimate of drug-likeness (QED) is 0.903. The number of nitrogens with one attached hydrogen (secondary N) is 1. The standard InChI is InChI=1S/C14H20N2O3S/c1-10-7-12(19-2)3-4-14(10)20(17,18)16-6-5-11-8-15-9-13(11)16/h3-4,7,11,13,15H,5-6,8-9H2,1-2H3/t11-,13+/m0/s1. The van der Waals surface area contributed by atoms with Crippen LogP contribution in [0.5, 0.6) is 5.75 Å². The second-order valence-corrected chi connectivity index (χ2v) is 7.38. The van der Waals surface area contributed by atoms with Gasteiger partial charge in [-0.15, -0.1) is 0 Å². The monoisotopic (exact) mass is 296 g/mol. The van der Waals surface area contributed by atoms with Crippen LogP contribution in [0.3, 0.4) is 0 Å². The molecular formula is C14H20N2O3S. The van der Waals surface area contributed by atoms with Crippen LogP contribution in [-0.2, 0) is 10.0 Å². The number of hydrogen-bond acceptors (Lipinski definition) is 4. The molecule has 0 radical (unpaired) electrons. The van der Waals surface area contributed by atoms with Crippen molar-refractivity contribution in [3.8, 4) is 5.75 Å². The molecule has 20 heavy (non-hydrogen) atoms. The lowest BCUT2D eigenvalue weighted by molar-refractivity contribution is 0.382. The summed E-state index contributed by atoms with van der Waals surface area (Å²) in [6.07, 6.45) is 0.950. The first-order valence-corrected chi connectivity index (χ1v) is 8.35. The summed E-state index contributed by atoms with van der Waals surface area (Å²) in [7, 11) is -1.83. The van der Waals surface area contributed by atoms with Crippen molar-refractivity contribution in [1.29, 1.82) is 0 Å².